The van der Waals surface area contributed by atoms with Gasteiger partial charge in [0.15, 0.2) is 0 Å². The number of sulfonamides is 2. The molecular formula is C24H27N3O6S2. The molecule has 186 valence electrons. The molecule has 9 nitrogen and oxygen atoms in total. The van der Waals surface area contributed by atoms with Crippen LogP contribution in [0.3, 0.4) is 0 Å². The third-order valence-corrected chi connectivity index (χ3v) is 7.36. The van der Waals surface area contributed by atoms with Gasteiger partial charge in [-0.25, -0.2) is 16.8 Å². The third-order valence-electron chi connectivity index (χ3n) is 4.84. The predicted molar refractivity (Wildman–Crippen MR) is 137 cm³/mol. The first kappa shape index (κ1) is 26.0. The minimum absolute atomic E-state index is 0.0143. The summed E-state index contributed by atoms with van der Waals surface area (Å²) in [4.78, 5) is 12.7. The topological polar surface area (TPSA) is 122 Å². The van der Waals surface area contributed by atoms with Crippen LogP contribution in [0.2, 0.25) is 0 Å². The van der Waals surface area contributed by atoms with Crippen LogP contribution < -0.4 is 19.1 Å². The number of anilines is 3. The number of amides is 1. The number of carbonyl (C=O) groups excluding carboxylic acids is 1. The van der Waals surface area contributed by atoms with Gasteiger partial charge in [0.1, 0.15) is 12.3 Å². The monoisotopic (exact) mass is 517 g/mol. The molecule has 0 radical (unpaired) electrons. The Morgan fingerprint density at radius 3 is 2.23 bits per heavy atom. The van der Waals surface area contributed by atoms with Crippen molar-refractivity contribution < 1.29 is 26.4 Å². The Labute approximate surface area is 205 Å². The molecule has 0 heterocycles. The lowest BCUT2D eigenvalue weighted by molar-refractivity contribution is -0.114. The summed E-state index contributed by atoms with van der Waals surface area (Å²) in [7, 11) is -7.62. The summed E-state index contributed by atoms with van der Waals surface area (Å²) in [5.41, 5.74) is 1.91. The predicted octanol–water partition coefficient (Wildman–Crippen LogP) is 3.60. The summed E-state index contributed by atoms with van der Waals surface area (Å²) in [5.74, 6) is -0.265. The van der Waals surface area contributed by atoms with E-state index in [0.29, 0.717) is 23.7 Å². The molecule has 0 aliphatic carbocycles. The number of hydrogen-bond acceptors (Lipinski definition) is 6. The maximum absolute atomic E-state index is 12.7. The van der Waals surface area contributed by atoms with Crippen LogP contribution in [-0.4, -0.2) is 42.2 Å². The Hall–Kier alpha value is -3.57. The first-order valence-corrected chi connectivity index (χ1v) is 14.0. The van der Waals surface area contributed by atoms with E-state index in [0.717, 1.165) is 16.1 Å². The van der Waals surface area contributed by atoms with Gasteiger partial charge in [-0.1, -0.05) is 24.3 Å². The van der Waals surface area contributed by atoms with Gasteiger partial charge in [0.05, 0.1) is 23.4 Å². The van der Waals surface area contributed by atoms with Gasteiger partial charge in [0.2, 0.25) is 15.9 Å². The minimum Gasteiger partial charge on any atom is -0.492 e. The van der Waals surface area contributed by atoms with Gasteiger partial charge in [-0.15, -0.1) is 0 Å². The van der Waals surface area contributed by atoms with Crippen molar-refractivity contribution in [2.24, 2.45) is 0 Å². The number of hydrogen-bond donors (Lipinski definition) is 2. The molecule has 0 spiro atoms. The largest absolute Gasteiger partial charge is 0.492 e. The van der Waals surface area contributed by atoms with E-state index in [-0.39, 0.29) is 10.6 Å². The molecule has 3 aromatic carbocycles. The summed E-state index contributed by atoms with van der Waals surface area (Å²) in [5, 5.41) is 2.60. The molecule has 3 rings (SSSR count). The van der Waals surface area contributed by atoms with Crippen LogP contribution in [0.5, 0.6) is 5.75 Å². The van der Waals surface area contributed by atoms with Gasteiger partial charge in [-0.2, -0.15) is 0 Å². The second kappa shape index (κ2) is 10.8. The fourth-order valence-corrected chi connectivity index (χ4v) is 5.20. The first-order valence-electron chi connectivity index (χ1n) is 10.7. The molecule has 2 N–H and O–H groups in total. The van der Waals surface area contributed by atoms with Gasteiger partial charge < -0.3 is 10.1 Å². The molecule has 0 atom stereocenters. The molecule has 0 saturated heterocycles. The van der Waals surface area contributed by atoms with Crippen LogP contribution in [-0.2, 0) is 24.8 Å². The van der Waals surface area contributed by atoms with Crippen molar-refractivity contribution in [3.05, 3.63) is 78.4 Å². The Morgan fingerprint density at radius 2 is 1.60 bits per heavy atom. The highest BCUT2D eigenvalue weighted by Crippen LogP contribution is 2.30. The molecule has 0 saturated carbocycles. The Bertz CT molecular complexity index is 1410. The Kier molecular flexibility index (Phi) is 8.03. The number of benzene rings is 3. The highest BCUT2D eigenvalue weighted by atomic mass is 32.2. The highest BCUT2D eigenvalue weighted by Gasteiger charge is 2.24. The number of ether oxygens (including phenoxy) is 1. The maximum atomic E-state index is 12.7. The average molecular weight is 518 g/mol. The zero-order chi connectivity index (χ0) is 25.6. The smallest absolute Gasteiger partial charge is 0.261 e. The number of aryl methyl sites for hydroxylation is 1. The number of carbonyl (C=O) groups is 1. The van der Waals surface area contributed by atoms with Crippen LogP contribution in [0.1, 0.15) is 12.5 Å². The van der Waals surface area contributed by atoms with E-state index in [1.54, 1.807) is 49.4 Å². The van der Waals surface area contributed by atoms with Gasteiger partial charge in [-0.3, -0.25) is 13.8 Å². The van der Waals surface area contributed by atoms with Crippen LogP contribution in [0, 0.1) is 6.92 Å². The lowest BCUT2D eigenvalue weighted by Crippen LogP contribution is -2.37. The van der Waals surface area contributed by atoms with E-state index >= 15 is 0 Å². The Balaban J connectivity index is 1.74. The van der Waals surface area contributed by atoms with Crippen molar-refractivity contribution in [1.29, 1.82) is 0 Å². The Morgan fingerprint density at radius 1 is 0.914 bits per heavy atom. The number of rotatable bonds is 10. The lowest BCUT2D eigenvalue weighted by Gasteiger charge is -2.24. The summed E-state index contributed by atoms with van der Waals surface area (Å²) < 4.78 is 59.1. The van der Waals surface area contributed by atoms with Crippen molar-refractivity contribution in [2.75, 3.05) is 33.8 Å². The highest BCUT2D eigenvalue weighted by molar-refractivity contribution is 7.92. The fourth-order valence-electron chi connectivity index (χ4n) is 3.29. The van der Waals surface area contributed by atoms with E-state index in [1.807, 2.05) is 13.0 Å². The molecule has 0 fully saturated rings. The molecule has 0 aliphatic rings. The van der Waals surface area contributed by atoms with Crippen LogP contribution >= 0.6 is 0 Å². The minimum atomic E-state index is -3.82. The molecule has 3 aromatic rings. The quantitative estimate of drug-likeness (QED) is 0.424. The van der Waals surface area contributed by atoms with E-state index in [4.69, 9.17) is 4.74 Å². The number of nitrogens with zero attached hydrogens (tertiary/aromatic N) is 1. The van der Waals surface area contributed by atoms with E-state index < -0.39 is 32.5 Å². The fraction of sp³-hybridized carbons (Fsp3) is 0.208. The normalized spacial score (nSPS) is 11.5. The molecule has 35 heavy (non-hydrogen) atoms. The molecule has 0 aromatic heterocycles. The van der Waals surface area contributed by atoms with Gasteiger partial charge in [0.25, 0.3) is 10.0 Å². The van der Waals surface area contributed by atoms with Crippen LogP contribution in [0.15, 0.2) is 77.7 Å². The van der Waals surface area contributed by atoms with Gasteiger partial charge >= 0.3 is 0 Å². The molecule has 1 amide bonds. The van der Waals surface area contributed by atoms with Crippen LogP contribution in [0.25, 0.3) is 0 Å². The van der Waals surface area contributed by atoms with E-state index in [1.165, 1.54) is 24.3 Å². The zero-order valence-corrected chi connectivity index (χ0v) is 21.2. The SMILES string of the molecule is CCOc1ccccc1N(CC(=O)Nc1ccc(S(=O)(=O)Nc2cccc(C)c2)cc1)S(C)(=O)=O. The van der Waals surface area contributed by atoms with E-state index in [9.17, 15) is 21.6 Å². The molecule has 0 bridgehead atoms. The van der Waals surface area contributed by atoms with Crippen LogP contribution in [0.4, 0.5) is 17.1 Å². The number of para-hydroxylation sites is 2. The van der Waals surface area contributed by atoms with Crippen molar-refractivity contribution in [2.45, 2.75) is 18.7 Å². The maximum Gasteiger partial charge on any atom is 0.261 e. The lowest BCUT2D eigenvalue weighted by atomic mass is 10.2. The van der Waals surface area contributed by atoms with Crippen molar-refractivity contribution in [3.63, 3.8) is 0 Å². The summed E-state index contributed by atoms with van der Waals surface area (Å²) >= 11 is 0. The first-order chi connectivity index (χ1) is 16.5. The van der Waals surface area contributed by atoms with Gasteiger partial charge in [-0.05, 0) is 67.9 Å². The second-order valence-electron chi connectivity index (χ2n) is 7.72. The van der Waals surface area contributed by atoms with E-state index in [2.05, 4.69) is 10.0 Å². The second-order valence-corrected chi connectivity index (χ2v) is 11.3. The van der Waals surface area contributed by atoms with Gasteiger partial charge in [0, 0.05) is 11.4 Å². The molecule has 11 heteroatoms. The van der Waals surface area contributed by atoms with Crippen molar-refractivity contribution >= 4 is 43.0 Å². The number of nitrogens with one attached hydrogen (secondary N) is 2. The summed E-state index contributed by atoms with van der Waals surface area (Å²) in [6.45, 7) is 3.47. The summed E-state index contributed by atoms with van der Waals surface area (Å²) in [6.07, 6.45) is 1.00. The van der Waals surface area contributed by atoms with Crippen molar-refractivity contribution in [3.8, 4) is 5.75 Å². The average Bonchev–Trinajstić information content (AvgIpc) is 2.78. The standard InChI is InChI=1S/C24H27N3O6S2/c1-4-33-23-11-6-5-10-22(23)27(34(3,29)30)17-24(28)25-19-12-14-21(15-13-19)35(31,32)26-20-9-7-8-18(2)16-20/h5-16,26H,4,17H2,1-3H3,(H,25,28). The molecule has 0 unspecified atom stereocenters. The zero-order valence-electron chi connectivity index (χ0n) is 19.6. The third kappa shape index (κ3) is 6.96. The van der Waals surface area contributed by atoms with Crippen molar-refractivity contribution in [1.82, 2.24) is 0 Å². The summed E-state index contributed by atoms with van der Waals surface area (Å²) in [6, 6.07) is 19.1. The molecule has 0 aliphatic heterocycles. The molecular weight excluding hydrogens is 490 g/mol.